The molecule has 0 bridgehead atoms. The molecule has 2 aromatic heterocycles. The van der Waals surface area contributed by atoms with Crippen LogP contribution in [0.4, 0.5) is 5.69 Å². The Kier molecular flexibility index (Phi) is 4.88. The lowest BCUT2D eigenvalue weighted by Gasteiger charge is -2.12. The average molecular weight is 354 g/mol. The van der Waals surface area contributed by atoms with Crippen molar-refractivity contribution in [3.63, 3.8) is 0 Å². The lowest BCUT2D eigenvalue weighted by Crippen LogP contribution is -2.21. The number of anilines is 1. The zero-order valence-corrected chi connectivity index (χ0v) is 14.4. The normalized spacial score (nSPS) is 10.7. The fourth-order valence-electron chi connectivity index (χ4n) is 2.69. The number of aromatic nitrogens is 1. The SMILES string of the molecule is CCOC(=O)c1cn(CC)c2ccc(NC(=O)c3ccco3)cc2c1=O. The van der Waals surface area contributed by atoms with E-state index >= 15 is 0 Å². The van der Waals surface area contributed by atoms with E-state index in [1.807, 2.05) is 6.92 Å². The summed E-state index contributed by atoms with van der Waals surface area (Å²) in [6.45, 7) is 4.34. The maximum atomic E-state index is 12.7. The summed E-state index contributed by atoms with van der Waals surface area (Å²) in [5, 5.41) is 3.01. The Morgan fingerprint density at radius 1 is 1.23 bits per heavy atom. The van der Waals surface area contributed by atoms with Crippen LogP contribution in [-0.2, 0) is 11.3 Å². The number of pyridine rings is 1. The molecule has 0 atom stereocenters. The summed E-state index contributed by atoms with van der Waals surface area (Å²) in [4.78, 5) is 36.9. The van der Waals surface area contributed by atoms with Gasteiger partial charge in [0.2, 0.25) is 5.43 Å². The van der Waals surface area contributed by atoms with Gasteiger partial charge in [0, 0.05) is 23.8 Å². The van der Waals surface area contributed by atoms with Crippen LogP contribution in [-0.4, -0.2) is 23.1 Å². The highest BCUT2D eigenvalue weighted by atomic mass is 16.5. The molecule has 0 spiro atoms. The van der Waals surface area contributed by atoms with Gasteiger partial charge in [0.1, 0.15) is 5.56 Å². The smallest absolute Gasteiger partial charge is 0.343 e. The molecule has 0 radical (unpaired) electrons. The molecule has 0 fully saturated rings. The molecule has 0 saturated heterocycles. The second-order valence-electron chi connectivity index (χ2n) is 5.54. The van der Waals surface area contributed by atoms with E-state index in [4.69, 9.17) is 9.15 Å². The molecule has 0 unspecified atom stereocenters. The van der Waals surface area contributed by atoms with Gasteiger partial charge in [-0.15, -0.1) is 0 Å². The molecule has 26 heavy (non-hydrogen) atoms. The number of nitrogens with zero attached hydrogens (tertiary/aromatic N) is 1. The third-order valence-electron chi connectivity index (χ3n) is 3.92. The quantitative estimate of drug-likeness (QED) is 0.711. The van der Waals surface area contributed by atoms with Crippen molar-refractivity contribution in [1.82, 2.24) is 4.57 Å². The molecule has 3 rings (SSSR count). The first-order valence-electron chi connectivity index (χ1n) is 8.24. The Morgan fingerprint density at radius 2 is 2.04 bits per heavy atom. The number of carbonyl (C=O) groups is 2. The number of hydrogen-bond donors (Lipinski definition) is 1. The second kappa shape index (κ2) is 7.26. The van der Waals surface area contributed by atoms with E-state index in [1.54, 1.807) is 41.8 Å². The molecule has 7 nitrogen and oxygen atoms in total. The number of nitrogens with one attached hydrogen (secondary N) is 1. The van der Waals surface area contributed by atoms with Gasteiger partial charge < -0.3 is 19.0 Å². The van der Waals surface area contributed by atoms with Crippen molar-refractivity contribution < 1.29 is 18.7 Å². The van der Waals surface area contributed by atoms with Gasteiger partial charge in [-0.3, -0.25) is 9.59 Å². The Bertz CT molecular complexity index is 1020. The van der Waals surface area contributed by atoms with Crippen molar-refractivity contribution in [2.75, 3.05) is 11.9 Å². The van der Waals surface area contributed by atoms with Gasteiger partial charge in [-0.1, -0.05) is 0 Å². The molecule has 134 valence electrons. The first-order chi connectivity index (χ1) is 12.5. The van der Waals surface area contributed by atoms with E-state index in [9.17, 15) is 14.4 Å². The number of rotatable bonds is 5. The average Bonchev–Trinajstić information content (AvgIpc) is 3.17. The van der Waals surface area contributed by atoms with Crippen molar-refractivity contribution in [2.45, 2.75) is 20.4 Å². The molecule has 0 saturated carbocycles. The topological polar surface area (TPSA) is 90.5 Å². The van der Waals surface area contributed by atoms with Gasteiger partial charge in [0.15, 0.2) is 5.76 Å². The minimum absolute atomic E-state index is 0.0317. The number of ether oxygens (including phenoxy) is 1. The number of hydrogen-bond acceptors (Lipinski definition) is 5. The second-order valence-corrected chi connectivity index (χ2v) is 5.54. The summed E-state index contributed by atoms with van der Waals surface area (Å²) in [6, 6.07) is 8.12. The van der Waals surface area contributed by atoms with E-state index in [2.05, 4.69) is 5.32 Å². The summed E-state index contributed by atoms with van der Waals surface area (Å²) in [6.07, 6.45) is 2.91. The Labute approximate surface area is 149 Å². The Morgan fingerprint density at radius 3 is 2.69 bits per heavy atom. The van der Waals surface area contributed by atoms with Gasteiger partial charge in [-0.05, 0) is 44.2 Å². The van der Waals surface area contributed by atoms with Crippen molar-refractivity contribution in [3.8, 4) is 0 Å². The number of benzene rings is 1. The molecule has 1 aromatic carbocycles. The van der Waals surface area contributed by atoms with Crippen molar-refractivity contribution in [1.29, 1.82) is 0 Å². The summed E-state index contributed by atoms with van der Waals surface area (Å²) in [7, 11) is 0. The lowest BCUT2D eigenvalue weighted by molar-refractivity contribution is 0.0524. The standard InChI is InChI=1S/C19H18N2O5/c1-3-21-11-14(19(24)25-4-2)17(22)13-10-12(7-8-15(13)21)20-18(23)16-6-5-9-26-16/h5-11H,3-4H2,1-2H3,(H,20,23). The molecule has 0 aliphatic rings. The van der Waals surface area contributed by atoms with Gasteiger partial charge >= 0.3 is 5.97 Å². The Balaban J connectivity index is 2.07. The van der Waals surface area contributed by atoms with Crippen LogP contribution in [0.2, 0.25) is 0 Å². The largest absolute Gasteiger partial charge is 0.462 e. The van der Waals surface area contributed by atoms with Gasteiger partial charge in [-0.2, -0.15) is 0 Å². The zero-order chi connectivity index (χ0) is 18.7. The highest BCUT2D eigenvalue weighted by Crippen LogP contribution is 2.19. The maximum absolute atomic E-state index is 12.7. The van der Waals surface area contributed by atoms with E-state index in [-0.39, 0.29) is 17.9 Å². The number of fused-ring (bicyclic) bond motifs is 1. The molecule has 1 N–H and O–H groups in total. The van der Waals surface area contributed by atoms with Crippen LogP contribution in [0.5, 0.6) is 0 Å². The van der Waals surface area contributed by atoms with Crippen LogP contribution in [0.1, 0.15) is 34.8 Å². The predicted octanol–water partition coefficient (Wildman–Crippen LogP) is 3.04. The van der Waals surface area contributed by atoms with Crippen molar-refractivity contribution in [3.05, 3.63) is 64.3 Å². The number of esters is 1. The molecule has 0 aliphatic heterocycles. The van der Waals surface area contributed by atoms with Crippen LogP contribution in [0, 0.1) is 0 Å². The minimum atomic E-state index is -0.661. The zero-order valence-electron chi connectivity index (χ0n) is 14.4. The number of carbonyl (C=O) groups excluding carboxylic acids is 2. The molecule has 1 amide bonds. The summed E-state index contributed by atoms with van der Waals surface area (Å²) in [5.74, 6) is -0.922. The highest BCUT2D eigenvalue weighted by Gasteiger charge is 2.17. The monoisotopic (exact) mass is 354 g/mol. The van der Waals surface area contributed by atoms with Crippen molar-refractivity contribution >= 4 is 28.5 Å². The van der Waals surface area contributed by atoms with Gasteiger partial charge in [-0.25, -0.2) is 4.79 Å². The first-order valence-corrected chi connectivity index (χ1v) is 8.24. The summed E-state index contributed by atoms with van der Waals surface area (Å²) < 4.78 is 11.8. The number of aryl methyl sites for hydroxylation is 1. The highest BCUT2D eigenvalue weighted by molar-refractivity contribution is 6.03. The lowest BCUT2D eigenvalue weighted by atomic mass is 10.1. The summed E-state index contributed by atoms with van der Waals surface area (Å²) >= 11 is 0. The van der Waals surface area contributed by atoms with Crippen LogP contribution in [0.15, 0.2) is 52.0 Å². The summed E-state index contributed by atoms with van der Waals surface area (Å²) in [5.41, 5.74) is 0.633. The third kappa shape index (κ3) is 3.23. The van der Waals surface area contributed by atoms with Gasteiger partial charge in [0.25, 0.3) is 5.91 Å². The van der Waals surface area contributed by atoms with Crippen LogP contribution in [0.3, 0.4) is 0 Å². The molecule has 2 heterocycles. The van der Waals surface area contributed by atoms with Gasteiger partial charge in [0.05, 0.1) is 18.4 Å². The van der Waals surface area contributed by atoms with E-state index in [0.29, 0.717) is 23.1 Å². The number of amides is 1. The van der Waals surface area contributed by atoms with E-state index in [0.717, 1.165) is 0 Å². The fourth-order valence-corrected chi connectivity index (χ4v) is 2.69. The van der Waals surface area contributed by atoms with E-state index < -0.39 is 17.3 Å². The minimum Gasteiger partial charge on any atom is -0.462 e. The first kappa shape index (κ1) is 17.5. The molecular formula is C19H18N2O5. The Hall–Kier alpha value is -3.35. The molecule has 0 aliphatic carbocycles. The molecule has 3 aromatic rings. The maximum Gasteiger partial charge on any atom is 0.343 e. The van der Waals surface area contributed by atoms with Crippen LogP contribution in [0.25, 0.3) is 10.9 Å². The van der Waals surface area contributed by atoms with Crippen LogP contribution >= 0.6 is 0 Å². The fraction of sp³-hybridized carbons (Fsp3) is 0.211. The predicted molar refractivity (Wildman–Crippen MR) is 96.5 cm³/mol. The van der Waals surface area contributed by atoms with Crippen LogP contribution < -0.4 is 10.7 Å². The third-order valence-corrected chi connectivity index (χ3v) is 3.92. The molecular weight excluding hydrogens is 336 g/mol. The van der Waals surface area contributed by atoms with Crippen molar-refractivity contribution in [2.24, 2.45) is 0 Å². The number of furan rings is 1. The van der Waals surface area contributed by atoms with E-state index in [1.165, 1.54) is 12.5 Å². The molecule has 7 heteroatoms.